The van der Waals surface area contributed by atoms with Gasteiger partial charge in [0.15, 0.2) is 0 Å². The Morgan fingerprint density at radius 1 is 1.40 bits per heavy atom. The molecule has 20 heavy (non-hydrogen) atoms. The van der Waals surface area contributed by atoms with Crippen LogP contribution in [0.1, 0.15) is 58.9 Å². The largest absolute Gasteiger partial charge is 0.366 e. The third kappa shape index (κ3) is 2.67. The van der Waals surface area contributed by atoms with E-state index in [2.05, 4.69) is 50.0 Å². The average Bonchev–Trinajstić information content (AvgIpc) is 2.37. The summed E-state index contributed by atoms with van der Waals surface area (Å²) in [6, 6.07) is 6.32. The first kappa shape index (κ1) is 14.9. The molecule has 1 amide bonds. The zero-order chi connectivity index (χ0) is 14.9. The fourth-order valence-electron chi connectivity index (χ4n) is 3.42. The maximum absolute atomic E-state index is 11.6. The predicted molar refractivity (Wildman–Crippen MR) is 85.5 cm³/mol. The number of carbonyl (C=O) groups excluding carboxylic acids is 1. The number of hydrogen-bond acceptors (Lipinski definition) is 2. The fourth-order valence-corrected chi connectivity index (χ4v) is 3.42. The zero-order valence-corrected chi connectivity index (χ0v) is 13.3. The van der Waals surface area contributed by atoms with E-state index in [-0.39, 0.29) is 11.4 Å². The molecular weight excluding hydrogens is 248 g/mol. The van der Waals surface area contributed by atoms with Gasteiger partial charge in [0.25, 0.3) is 0 Å². The summed E-state index contributed by atoms with van der Waals surface area (Å²) in [5.74, 6) is 0.620. The number of nitrogens with one attached hydrogen (secondary N) is 1. The van der Waals surface area contributed by atoms with Gasteiger partial charge in [-0.3, -0.25) is 4.79 Å². The summed E-state index contributed by atoms with van der Waals surface area (Å²) in [6.45, 7) is 11.9. The molecule has 3 heteroatoms. The van der Waals surface area contributed by atoms with E-state index in [1.165, 1.54) is 11.3 Å². The van der Waals surface area contributed by atoms with Crippen molar-refractivity contribution in [2.75, 3.05) is 16.8 Å². The van der Waals surface area contributed by atoms with Gasteiger partial charge in [-0.25, -0.2) is 0 Å². The highest BCUT2D eigenvalue weighted by Crippen LogP contribution is 2.44. The molecule has 0 aliphatic carbocycles. The molecule has 1 heterocycles. The van der Waals surface area contributed by atoms with Gasteiger partial charge in [0.05, 0.1) is 0 Å². The molecule has 1 aliphatic heterocycles. The second-order valence-corrected chi connectivity index (χ2v) is 6.34. The number of fused-ring (bicyclic) bond motifs is 1. The van der Waals surface area contributed by atoms with Gasteiger partial charge >= 0.3 is 0 Å². The standard InChI is InChI=1S/C17H26N2O/c1-6-16(20)18-13-8-9-14-12(3)11-17(4,5)19(7-2)15(14)10-13/h8-10,12H,6-7,11H2,1-5H3,(H,18,20)/t12-/m0/s1. The van der Waals surface area contributed by atoms with E-state index in [0.29, 0.717) is 12.3 Å². The lowest BCUT2D eigenvalue weighted by Crippen LogP contribution is -2.48. The molecule has 1 N–H and O–H groups in total. The first-order valence-electron chi connectivity index (χ1n) is 7.60. The third-order valence-corrected chi connectivity index (χ3v) is 4.31. The zero-order valence-electron chi connectivity index (χ0n) is 13.3. The van der Waals surface area contributed by atoms with E-state index in [0.717, 1.165) is 18.7 Å². The van der Waals surface area contributed by atoms with Crippen LogP contribution in [0.5, 0.6) is 0 Å². The first-order valence-corrected chi connectivity index (χ1v) is 7.60. The van der Waals surface area contributed by atoms with E-state index < -0.39 is 0 Å². The van der Waals surface area contributed by atoms with Crippen LogP contribution in [-0.2, 0) is 4.79 Å². The van der Waals surface area contributed by atoms with E-state index in [1.807, 2.05) is 13.0 Å². The van der Waals surface area contributed by atoms with E-state index in [4.69, 9.17) is 0 Å². The highest BCUT2D eigenvalue weighted by molar-refractivity contribution is 5.91. The van der Waals surface area contributed by atoms with Crippen LogP contribution in [0.25, 0.3) is 0 Å². The molecule has 0 fully saturated rings. The van der Waals surface area contributed by atoms with Crippen LogP contribution < -0.4 is 10.2 Å². The van der Waals surface area contributed by atoms with Crippen molar-refractivity contribution >= 4 is 17.3 Å². The lowest BCUT2D eigenvalue weighted by Gasteiger charge is -2.47. The van der Waals surface area contributed by atoms with Crippen molar-refractivity contribution in [2.24, 2.45) is 0 Å². The van der Waals surface area contributed by atoms with Crippen molar-refractivity contribution in [1.29, 1.82) is 0 Å². The number of anilines is 2. The Hall–Kier alpha value is -1.51. The van der Waals surface area contributed by atoms with Crippen LogP contribution in [0.15, 0.2) is 18.2 Å². The smallest absolute Gasteiger partial charge is 0.224 e. The minimum atomic E-state index is 0.0658. The maximum atomic E-state index is 11.6. The lowest BCUT2D eigenvalue weighted by atomic mass is 9.80. The van der Waals surface area contributed by atoms with Gasteiger partial charge in [0.2, 0.25) is 5.91 Å². The van der Waals surface area contributed by atoms with Crippen LogP contribution in [0.2, 0.25) is 0 Å². The van der Waals surface area contributed by atoms with Gasteiger partial charge < -0.3 is 10.2 Å². The Kier molecular flexibility index (Phi) is 4.07. The van der Waals surface area contributed by atoms with Crippen molar-refractivity contribution in [3.05, 3.63) is 23.8 Å². The molecule has 1 atom stereocenters. The van der Waals surface area contributed by atoms with E-state index in [9.17, 15) is 4.79 Å². The van der Waals surface area contributed by atoms with Gasteiger partial charge in [-0.2, -0.15) is 0 Å². The molecule has 2 rings (SSSR count). The van der Waals surface area contributed by atoms with E-state index in [1.54, 1.807) is 0 Å². The van der Waals surface area contributed by atoms with Crippen LogP contribution in [0.4, 0.5) is 11.4 Å². The Morgan fingerprint density at radius 2 is 2.10 bits per heavy atom. The molecule has 3 nitrogen and oxygen atoms in total. The van der Waals surface area contributed by atoms with Crippen molar-refractivity contribution in [3.63, 3.8) is 0 Å². The maximum Gasteiger partial charge on any atom is 0.224 e. The first-order chi connectivity index (χ1) is 9.39. The normalized spacial score (nSPS) is 20.4. The minimum absolute atomic E-state index is 0.0658. The highest BCUT2D eigenvalue weighted by Gasteiger charge is 2.35. The van der Waals surface area contributed by atoms with Crippen molar-refractivity contribution in [1.82, 2.24) is 0 Å². The molecule has 0 spiro atoms. The molecule has 0 unspecified atom stereocenters. The van der Waals surface area contributed by atoms with Gasteiger partial charge in [0.1, 0.15) is 0 Å². The summed E-state index contributed by atoms with van der Waals surface area (Å²) in [5, 5.41) is 2.96. The summed E-state index contributed by atoms with van der Waals surface area (Å²) < 4.78 is 0. The predicted octanol–water partition coefficient (Wildman–Crippen LogP) is 4.15. The average molecular weight is 274 g/mol. The summed E-state index contributed by atoms with van der Waals surface area (Å²) in [5.41, 5.74) is 3.72. The van der Waals surface area contributed by atoms with E-state index >= 15 is 0 Å². The third-order valence-electron chi connectivity index (χ3n) is 4.31. The molecule has 0 saturated heterocycles. The Balaban J connectivity index is 2.41. The van der Waals surface area contributed by atoms with Crippen LogP contribution in [-0.4, -0.2) is 18.0 Å². The molecular formula is C17H26N2O. The second kappa shape index (κ2) is 5.47. The van der Waals surface area contributed by atoms with Crippen LogP contribution >= 0.6 is 0 Å². The second-order valence-electron chi connectivity index (χ2n) is 6.34. The Morgan fingerprint density at radius 3 is 2.70 bits per heavy atom. The highest BCUT2D eigenvalue weighted by atomic mass is 16.1. The monoisotopic (exact) mass is 274 g/mol. The van der Waals surface area contributed by atoms with Gasteiger partial charge in [-0.15, -0.1) is 0 Å². The summed E-state index contributed by atoms with van der Waals surface area (Å²) in [6.07, 6.45) is 1.67. The Labute approximate surface area is 122 Å². The lowest BCUT2D eigenvalue weighted by molar-refractivity contribution is -0.115. The van der Waals surface area contributed by atoms with Crippen LogP contribution in [0, 0.1) is 0 Å². The molecule has 0 aromatic heterocycles. The summed E-state index contributed by atoms with van der Waals surface area (Å²) in [7, 11) is 0. The summed E-state index contributed by atoms with van der Waals surface area (Å²) in [4.78, 5) is 14.0. The number of nitrogens with zero attached hydrogens (tertiary/aromatic N) is 1. The van der Waals surface area contributed by atoms with Crippen molar-refractivity contribution in [2.45, 2.75) is 58.9 Å². The molecule has 0 radical (unpaired) electrons. The van der Waals surface area contributed by atoms with Crippen molar-refractivity contribution in [3.8, 4) is 0 Å². The number of carbonyl (C=O) groups is 1. The minimum Gasteiger partial charge on any atom is -0.366 e. The molecule has 110 valence electrons. The molecule has 0 saturated carbocycles. The van der Waals surface area contributed by atoms with Crippen LogP contribution in [0.3, 0.4) is 0 Å². The summed E-state index contributed by atoms with van der Waals surface area (Å²) >= 11 is 0. The van der Waals surface area contributed by atoms with Gasteiger partial charge in [-0.1, -0.05) is 19.9 Å². The van der Waals surface area contributed by atoms with Gasteiger partial charge in [0, 0.05) is 29.9 Å². The van der Waals surface area contributed by atoms with Gasteiger partial charge in [-0.05, 0) is 50.8 Å². The molecule has 1 aromatic carbocycles. The number of rotatable bonds is 3. The quantitative estimate of drug-likeness (QED) is 0.898. The topological polar surface area (TPSA) is 32.3 Å². The molecule has 1 aromatic rings. The number of amides is 1. The molecule has 1 aliphatic rings. The van der Waals surface area contributed by atoms with Crippen molar-refractivity contribution < 1.29 is 4.79 Å². The molecule has 0 bridgehead atoms. The Bertz CT molecular complexity index is 508. The number of hydrogen-bond donors (Lipinski definition) is 1. The SMILES string of the molecule is CCC(=O)Nc1ccc2c(c1)N(CC)C(C)(C)C[C@@H]2C. The number of benzene rings is 1. The fraction of sp³-hybridized carbons (Fsp3) is 0.588.